The zero-order valence-corrected chi connectivity index (χ0v) is 9.59. The predicted molar refractivity (Wildman–Crippen MR) is 74.0 cm³/mol. The van der Waals surface area contributed by atoms with Crippen LogP contribution >= 0.6 is 0 Å². The van der Waals surface area contributed by atoms with E-state index in [1.807, 2.05) is 36.4 Å². The SMILES string of the molecule is O=c1ccc2ccccc2c2ccccc2c1=O. The van der Waals surface area contributed by atoms with Gasteiger partial charge in [0.2, 0.25) is 10.9 Å². The zero-order chi connectivity index (χ0) is 12.5. The Balaban J connectivity index is 2.77. The van der Waals surface area contributed by atoms with Crippen LogP contribution in [0.1, 0.15) is 0 Å². The highest BCUT2D eigenvalue weighted by Gasteiger charge is 2.01. The first-order valence-corrected chi connectivity index (χ1v) is 5.72. The molecule has 3 aromatic carbocycles. The van der Waals surface area contributed by atoms with E-state index in [1.165, 1.54) is 6.07 Å². The topological polar surface area (TPSA) is 34.1 Å². The Hall–Kier alpha value is -2.48. The van der Waals surface area contributed by atoms with Crippen LogP contribution in [-0.2, 0) is 0 Å². The van der Waals surface area contributed by atoms with Crippen molar-refractivity contribution in [3.63, 3.8) is 0 Å². The molecule has 0 fully saturated rings. The molecule has 0 bridgehead atoms. The van der Waals surface area contributed by atoms with Crippen LogP contribution in [0.2, 0.25) is 0 Å². The van der Waals surface area contributed by atoms with Crippen molar-refractivity contribution < 1.29 is 0 Å². The van der Waals surface area contributed by atoms with Crippen LogP contribution in [0.15, 0.2) is 70.3 Å². The monoisotopic (exact) mass is 234 g/mol. The lowest BCUT2D eigenvalue weighted by Gasteiger charge is -1.99. The number of benzene rings is 2. The third kappa shape index (κ3) is 1.59. The molecule has 3 rings (SSSR count). The first kappa shape index (κ1) is 10.7. The van der Waals surface area contributed by atoms with Gasteiger partial charge in [0, 0.05) is 5.39 Å². The van der Waals surface area contributed by atoms with E-state index in [9.17, 15) is 9.59 Å². The Morgan fingerprint density at radius 1 is 0.556 bits per heavy atom. The molecular formula is C16H10O2. The molecule has 86 valence electrons. The summed E-state index contributed by atoms with van der Waals surface area (Å²) in [5.74, 6) is 0. The Morgan fingerprint density at radius 3 is 1.94 bits per heavy atom. The van der Waals surface area contributed by atoms with Crippen molar-refractivity contribution in [3.8, 4) is 0 Å². The quantitative estimate of drug-likeness (QED) is 0.560. The number of rotatable bonds is 0. The molecule has 0 radical (unpaired) electrons. The van der Waals surface area contributed by atoms with Gasteiger partial charge in [-0.2, -0.15) is 0 Å². The maximum Gasteiger partial charge on any atom is 0.233 e. The second-order valence-corrected chi connectivity index (χ2v) is 4.16. The molecule has 0 N–H and O–H groups in total. The highest BCUT2D eigenvalue weighted by Crippen LogP contribution is 2.19. The third-order valence-corrected chi connectivity index (χ3v) is 3.06. The van der Waals surface area contributed by atoms with Crippen LogP contribution in [-0.4, -0.2) is 0 Å². The van der Waals surface area contributed by atoms with Crippen LogP contribution in [0.3, 0.4) is 0 Å². The molecule has 18 heavy (non-hydrogen) atoms. The van der Waals surface area contributed by atoms with Crippen molar-refractivity contribution >= 4 is 21.5 Å². The van der Waals surface area contributed by atoms with Crippen molar-refractivity contribution in [2.45, 2.75) is 0 Å². The molecule has 0 saturated heterocycles. The predicted octanol–water partition coefficient (Wildman–Crippen LogP) is 2.71. The Kier molecular flexibility index (Phi) is 2.41. The van der Waals surface area contributed by atoms with Crippen molar-refractivity contribution in [3.05, 3.63) is 81.1 Å². The van der Waals surface area contributed by atoms with Gasteiger partial charge in [0.25, 0.3) is 0 Å². The normalized spacial score (nSPS) is 10.7. The molecule has 2 nitrogen and oxygen atoms in total. The van der Waals surface area contributed by atoms with Gasteiger partial charge in [0.05, 0.1) is 0 Å². The number of hydrogen-bond acceptors (Lipinski definition) is 2. The van der Waals surface area contributed by atoms with E-state index in [1.54, 1.807) is 18.2 Å². The summed E-state index contributed by atoms with van der Waals surface area (Å²) in [5.41, 5.74) is -0.923. The van der Waals surface area contributed by atoms with Crippen LogP contribution in [0.4, 0.5) is 0 Å². The molecule has 0 saturated carbocycles. The van der Waals surface area contributed by atoms with Crippen LogP contribution in [0.25, 0.3) is 21.5 Å². The van der Waals surface area contributed by atoms with E-state index in [-0.39, 0.29) is 0 Å². The lowest BCUT2D eigenvalue weighted by atomic mass is 10.0. The lowest BCUT2D eigenvalue weighted by Crippen LogP contribution is -2.20. The highest BCUT2D eigenvalue weighted by atomic mass is 16.2. The standard InChI is InChI=1S/C16H10O2/c17-15-10-9-11-5-1-2-6-12(11)13-7-3-4-8-14(13)16(15)18/h1-10H. The fourth-order valence-corrected chi connectivity index (χ4v) is 2.18. The average Bonchev–Trinajstić information content (AvgIpc) is 2.43. The third-order valence-electron chi connectivity index (χ3n) is 3.06. The van der Waals surface area contributed by atoms with Crippen LogP contribution < -0.4 is 10.9 Å². The summed E-state index contributed by atoms with van der Waals surface area (Å²) in [4.78, 5) is 23.7. The summed E-state index contributed by atoms with van der Waals surface area (Å²) in [6, 6.07) is 18.0. The van der Waals surface area contributed by atoms with E-state index < -0.39 is 10.9 Å². The van der Waals surface area contributed by atoms with Crippen molar-refractivity contribution in [2.24, 2.45) is 0 Å². The van der Waals surface area contributed by atoms with Gasteiger partial charge in [-0.3, -0.25) is 9.59 Å². The molecule has 0 unspecified atom stereocenters. The highest BCUT2D eigenvalue weighted by molar-refractivity contribution is 6.05. The fraction of sp³-hybridized carbons (Fsp3) is 0. The summed E-state index contributed by atoms with van der Waals surface area (Å²) in [7, 11) is 0. The van der Waals surface area contributed by atoms with Crippen LogP contribution in [0.5, 0.6) is 0 Å². The minimum absolute atomic E-state index is 0.448. The molecule has 2 heteroatoms. The molecule has 0 aromatic heterocycles. The van der Waals surface area contributed by atoms with E-state index in [2.05, 4.69) is 0 Å². The first-order valence-electron chi connectivity index (χ1n) is 5.72. The molecule has 0 spiro atoms. The summed E-state index contributed by atoms with van der Waals surface area (Å²) < 4.78 is 0. The smallest absolute Gasteiger partial charge is 0.233 e. The first-order chi connectivity index (χ1) is 8.77. The molecule has 0 aliphatic rings. The second-order valence-electron chi connectivity index (χ2n) is 4.16. The molecule has 3 aromatic rings. The van der Waals surface area contributed by atoms with Gasteiger partial charge >= 0.3 is 0 Å². The van der Waals surface area contributed by atoms with Gasteiger partial charge in [-0.25, -0.2) is 0 Å². The van der Waals surface area contributed by atoms with Gasteiger partial charge < -0.3 is 0 Å². The van der Waals surface area contributed by atoms with Gasteiger partial charge in [0.15, 0.2) is 0 Å². The van der Waals surface area contributed by atoms with Gasteiger partial charge in [-0.15, -0.1) is 0 Å². The van der Waals surface area contributed by atoms with E-state index >= 15 is 0 Å². The zero-order valence-electron chi connectivity index (χ0n) is 9.59. The van der Waals surface area contributed by atoms with Crippen molar-refractivity contribution in [1.29, 1.82) is 0 Å². The summed E-state index contributed by atoms with van der Waals surface area (Å²) >= 11 is 0. The molecule has 0 aliphatic carbocycles. The van der Waals surface area contributed by atoms with Gasteiger partial charge in [0.1, 0.15) is 0 Å². The summed E-state index contributed by atoms with van der Waals surface area (Å²) in [6.45, 7) is 0. The molecule has 0 heterocycles. The number of fused-ring (bicyclic) bond motifs is 3. The Bertz CT molecular complexity index is 867. The lowest BCUT2D eigenvalue weighted by molar-refractivity contribution is 1.56. The molecular weight excluding hydrogens is 224 g/mol. The Morgan fingerprint density at radius 2 is 1.17 bits per heavy atom. The fourth-order valence-electron chi connectivity index (χ4n) is 2.18. The second kappa shape index (κ2) is 4.08. The molecule has 0 aliphatic heterocycles. The maximum atomic E-state index is 12.0. The van der Waals surface area contributed by atoms with Gasteiger partial charge in [-0.1, -0.05) is 54.6 Å². The minimum atomic E-state index is -0.475. The van der Waals surface area contributed by atoms with Crippen molar-refractivity contribution in [1.82, 2.24) is 0 Å². The maximum absolute atomic E-state index is 12.0. The number of hydrogen-bond donors (Lipinski definition) is 0. The largest absolute Gasteiger partial charge is 0.286 e. The summed E-state index contributed by atoms with van der Waals surface area (Å²) in [6.07, 6.45) is 0. The van der Waals surface area contributed by atoms with E-state index in [0.29, 0.717) is 5.39 Å². The molecule has 0 amide bonds. The average molecular weight is 234 g/mol. The van der Waals surface area contributed by atoms with Crippen molar-refractivity contribution in [2.75, 3.05) is 0 Å². The Labute approximate surface area is 103 Å². The van der Waals surface area contributed by atoms with E-state index in [4.69, 9.17) is 0 Å². The van der Waals surface area contributed by atoms with E-state index in [0.717, 1.165) is 16.2 Å². The van der Waals surface area contributed by atoms with Gasteiger partial charge in [-0.05, 0) is 22.2 Å². The minimum Gasteiger partial charge on any atom is -0.286 e. The molecule has 0 atom stereocenters. The summed E-state index contributed by atoms with van der Waals surface area (Å²) in [5, 5.41) is 3.21. The van der Waals surface area contributed by atoms with Crippen LogP contribution in [0, 0.1) is 0 Å².